The third-order valence-corrected chi connectivity index (χ3v) is 16.4. The summed E-state index contributed by atoms with van der Waals surface area (Å²) in [4.78, 5) is 35.4. The van der Waals surface area contributed by atoms with E-state index in [4.69, 9.17) is 24.3 Å². The van der Waals surface area contributed by atoms with E-state index in [0.29, 0.717) is 6.42 Å². The number of phosphoric ester groups is 1. The van der Waals surface area contributed by atoms with Crippen molar-refractivity contribution in [3.8, 4) is 0 Å². The lowest BCUT2D eigenvalue weighted by atomic mass is 10.0. The summed E-state index contributed by atoms with van der Waals surface area (Å²) in [6.45, 7) is 3.52. The Morgan fingerprint density at radius 2 is 0.571 bits per heavy atom. The van der Waals surface area contributed by atoms with Crippen LogP contribution < -0.4 is 5.73 Å². The maximum absolute atomic E-state index is 12.8. The summed E-state index contributed by atoms with van der Waals surface area (Å²) in [5, 5.41) is 0. The van der Waals surface area contributed by atoms with Crippen LogP contribution in [0.1, 0.15) is 309 Å². The highest BCUT2D eigenvalue weighted by Gasteiger charge is 2.26. The largest absolute Gasteiger partial charge is 0.472 e. The van der Waals surface area contributed by atoms with Gasteiger partial charge >= 0.3 is 19.8 Å². The molecule has 10 heteroatoms. The van der Waals surface area contributed by atoms with Crippen molar-refractivity contribution in [2.75, 3.05) is 26.4 Å². The summed E-state index contributed by atoms with van der Waals surface area (Å²) in [5.41, 5.74) is 5.41. The zero-order valence-corrected chi connectivity index (χ0v) is 59.2. The topological polar surface area (TPSA) is 134 Å². The Kier molecular flexibility index (Phi) is 71.1. The average Bonchev–Trinajstić information content (AvgIpc) is 3.68. The Balaban J connectivity index is 3.91. The van der Waals surface area contributed by atoms with E-state index in [2.05, 4.69) is 172 Å². The predicted octanol–water partition coefficient (Wildman–Crippen LogP) is 24.7. The summed E-state index contributed by atoms with van der Waals surface area (Å²) in [6.07, 6.45) is 109. The smallest absolute Gasteiger partial charge is 0.462 e. The molecular formula is C81H136NO8P. The predicted molar refractivity (Wildman–Crippen MR) is 394 cm³/mol. The number of esters is 2. The molecule has 2 unspecified atom stereocenters. The maximum Gasteiger partial charge on any atom is 0.472 e. The van der Waals surface area contributed by atoms with E-state index in [1.807, 2.05) is 0 Å². The van der Waals surface area contributed by atoms with Crippen LogP contribution in [0.3, 0.4) is 0 Å². The molecule has 0 rings (SSSR count). The molecule has 0 aromatic rings. The van der Waals surface area contributed by atoms with E-state index >= 15 is 0 Å². The summed E-state index contributed by atoms with van der Waals surface area (Å²) in [5.74, 6) is -0.839. The van der Waals surface area contributed by atoms with E-state index in [0.717, 1.165) is 128 Å². The average molecular weight is 1280 g/mol. The van der Waals surface area contributed by atoms with Crippen molar-refractivity contribution < 1.29 is 37.6 Å². The van der Waals surface area contributed by atoms with Crippen LogP contribution >= 0.6 is 7.82 Å². The molecule has 0 aliphatic carbocycles. The van der Waals surface area contributed by atoms with E-state index in [1.165, 1.54) is 148 Å². The van der Waals surface area contributed by atoms with Crippen LogP contribution in [0.5, 0.6) is 0 Å². The fourth-order valence-corrected chi connectivity index (χ4v) is 10.8. The van der Waals surface area contributed by atoms with Crippen LogP contribution in [0.25, 0.3) is 0 Å². The number of carbonyl (C=O) groups is 2. The van der Waals surface area contributed by atoms with Crippen molar-refractivity contribution in [3.05, 3.63) is 158 Å². The third-order valence-electron chi connectivity index (χ3n) is 15.4. The standard InChI is InChI=1S/C81H136NO8P/c1-3-5-7-9-11-13-15-17-19-21-23-25-27-29-31-33-35-37-39-41-43-45-47-49-51-53-55-57-59-61-63-65-67-69-71-73-80(83)87-77-79(78-89-91(85,86)88-76-75-82)90-81(84)74-72-70-68-66-64-62-60-58-56-54-52-50-48-46-44-42-40-38-36-34-32-30-28-26-24-22-20-18-16-14-12-10-8-6-4-2/h5-8,11-14,17-20,23-26,30,32,36,38,42,44,48,50,54,56,79H,3-4,9-10,15-16,21-22,27-29,31,33-35,37,39-41,43,45-47,49,51-53,55,57-78,82H2,1-2H3,(H,85,86)/b7-5-,8-6-,13-11-,14-12-,19-17-,20-18-,25-23-,26-24-,32-30-,38-36-,44-42-,50-48-,56-54-. The molecule has 518 valence electrons. The van der Waals surface area contributed by atoms with Crippen molar-refractivity contribution in [1.29, 1.82) is 0 Å². The molecule has 0 aliphatic heterocycles. The zero-order valence-electron chi connectivity index (χ0n) is 58.3. The van der Waals surface area contributed by atoms with Gasteiger partial charge in [-0.1, -0.05) is 332 Å². The normalized spacial score (nSPS) is 13.8. The van der Waals surface area contributed by atoms with Crippen LogP contribution in [0.15, 0.2) is 158 Å². The number of hydrogen-bond donors (Lipinski definition) is 2. The Morgan fingerprint density at radius 1 is 0.330 bits per heavy atom. The minimum absolute atomic E-state index is 0.0454. The first-order valence-corrected chi connectivity index (χ1v) is 38.5. The number of phosphoric acid groups is 1. The second-order valence-electron chi connectivity index (χ2n) is 24.0. The minimum Gasteiger partial charge on any atom is -0.462 e. The van der Waals surface area contributed by atoms with Gasteiger partial charge in [-0.2, -0.15) is 0 Å². The summed E-state index contributed by atoms with van der Waals surface area (Å²) in [6, 6.07) is 0. The number of allylic oxidation sites excluding steroid dienone is 26. The summed E-state index contributed by atoms with van der Waals surface area (Å²) >= 11 is 0. The molecule has 0 heterocycles. The zero-order chi connectivity index (χ0) is 65.8. The fraction of sp³-hybridized carbons (Fsp3) is 0.654. The number of hydrogen-bond acceptors (Lipinski definition) is 8. The van der Waals surface area contributed by atoms with Gasteiger partial charge in [-0.3, -0.25) is 18.6 Å². The molecule has 0 saturated heterocycles. The van der Waals surface area contributed by atoms with Crippen LogP contribution in [0, 0.1) is 0 Å². The second-order valence-corrected chi connectivity index (χ2v) is 25.5. The molecule has 0 amide bonds. The highest BCUT2D eigenvalue weighted by molar-refractivity contribution is 7.47. The molecule has 0 aromatic carbocycles. The van der Waals surface area contributed by atoms with Crippen LogP contribution in [0.4, 0.5) is 0 Å². The highest BCUT2D eigenvalue weighted by Crippen LogP contribution is 2.43. The van der Waals surface area contributed by atoms with Crippen LogP contribution in [0.2, 0.25) is 0 Å². The van der Waals surface area contributed by atoms with Crippen LogP contribution in [-0.4, -0.2) is 49.3 Å². The van der Waals surface area contributed by atoms with E-state index in [9.17, 15) is 19.0 Å². The second kappa shape index (κ2) is 74.7. The quantitative estimate of drug-likeness (QED) is 0.0264. The molecule has 0 radical (unpaired) electrons. The first kappa shape index (κ1) is 86.6. The van der Waals surface area contributed by atoms with Gasteiger partial charge in [0.1, 0.15) is 6.61 Å². The minimum atomic E-state index is -4.41. The number of ether oxygens (including phenoxy) is 2. The molecule has 3 N–H and O–H groups in total. The van der Waals surface area contributed by atoms with Gasteiger partial charge in [0.25, 0.3) is 0 Å². The molecule has 0 aromatic heterocycles. The molecule has 9 nitrogen and oxygen atoms in total. The van der Waals surface area contributed by atoms with E-state index in [-0.39, 0.29) is 38.6 Å². The first-order chi connectivity index (χ1) is 44.8. The van der Waals surface area contributed by atoms with Crippen molar-refractivity contribution >= 4 is 19.8 Å². The number of carbonyl (C=O) groups excluding carboxylic acids is 2. The van der Waals surface area contributed by atoms with Gasteiger partial charge in [0.2, 0.25) is 0 Å². The molecule has 0 fully saturated rings. The van der Waals surface area contributed by atoms with Gasteiger partial charge in [-0.15, -0.1) is 0 Å². The first-order valence-electron chi connectivity index (χ1n) is 37.0. The summed E-state index contributed by atoms with van der Waals surface area (Å²) in [7, 11) is -4.41. The Hall–Kier alpha value is -4.37. The molecule has 0 bridgehead atoms. The maximum atomic E-state index is 12.8. The van der Waals surface area contributed by atoms with E-state index < -0.39 is 26.5 Å². The molecule has 0 aliphatic rings. The molecular weight excluding hydrogens is 1150 g/mol. The Bertz CT molecular complexity index is 2050. The van der Waals surface area contributed by atoms with Gasteiger partial charge < -0.3 is 20.1 Å². The molecule has 0 saturated carbocycles. The summed E-state index contributed by atoms with van der Waals surface area (Å²) < 4.78 is 33.2. The van der Waals surface area contributed by atoms with Gasteiger partial charge in [0.05, 0.1) is 13.2 Å². The Labute approximate surface area is 559 Å². The SMILES string of the molecule is CC/C=C\C/C=C\C/C=C\C/C=C\C/C=C\C/C=C\C/C=C\C/C=C\C/C=C\CCCCCCCCCC(=O)OC(COC(=O)CCCCCCCCCCCCCCCCCCCCCCCC/C=C\C/C=C\C/C=C\C/C=C\CC)COP(=O)(O)OCCN. The van der Waals surface area contributed by atoms with Crippen molar-refractivity contribution in [2.45, 2.75) is 315 Å². The lowest BCUT2D eigenvalue weighted by Gasteiger charge is -2.19. The molecule has 2 atom stereocenters. The third kappa shape index (κ3) is 74.5. The van der Waals surface area contributed by atoms with Gasteiger partial charge in [0, 0.05) is 19.4 Å². The number of unbranched alkanes of at least 4 members (excludes halogenated alkanes) is 29. The van der Waals surface area contributed by atoms with Crippen molar-refractivity contribution in [3.63, 3.8) is 0 Å². The number of nitrogens with two attached hydrogens (primary N) is 1. The Morgan fingerprint density at radius 3 is 0.846 bits per heavy atom. The van der Waals surface area contributed by atoms with Crippen LogP contribution in [-0.2, 0) is 32.7 Å². The van der Waals surface area contributed by atoms with Gasteiger partial charge in [0.15, 0.2) is 6.10 Å². The fourth-order valence-electron chi connectivity index (χ4n) is 10.0. The van der Waals surface area contributed by atoms with Crippen molar-refractivity contribution in [1.82, 2.24) is 0 Å². The molecule has 0 spiro atoms. The van der Waals surface area contributed by atoms with Crippen molar-refractivity contribution in [2.24, 2.45) is 5.73 Å². The highest BCUT2D eigenvalue weighted by atomic mass is 31.2. The number of rotatable bonds is 68. The monoisotopic (exact) mass is 1280 g/mol. The van der Waals surface area contributed by atoms with Gasteiger partial charge in [-0.05, 0) is 122 Å². The molecule has 91 heavy (non-hydrogen) atoms. The van der Waals surface area contributed by atoms with E-state index in [1.54, 1.807) is 0 Å². The lowest BCUT2D eigenvalue weighted by molar-refractivity contribution is -0.161. The van der Waals surface area contributed by atoms with Gasteiger partial charge in [-0.25, -0.2) is 4.57 Å². The lowest BCUT2D eigenvalue weighted by Crippen LogP contribution is -2.29.